The number of hydrogen-bond donors (Lipinski definition) is 1. The molecule has 2 unspecified atom stereocenters. The molecule has 2 nitrogen and oxygen atoms in total. The van der Waals surface area contributed by atoms with Crippen LogP contribution in [0.2, 0.25) is 4.34 Å². The molecule has 2 fully saturated rings. The Bertz CT molecular complexity index is 379. The first-order chi connectivity index (χ1) is 8.26. The fraction of sp³-hybridized carbons (Fsp3) is 0.692. The van der Waals surface area contributed by atoms with Crippen molar-refractivity contribution >= 4 is 22.9 Å². The van der Waals surface area contributed by atoms with E-state index in [0.717, 1.165) is 29.0 Å². The number of rotatable bonds is 3. The van der Waals surface area contributed by atoms with Crippen molar-refractivity contribution in [3.8, 4) is 0 Å². The van der Waals surface area contributed by atoms with Crippen LogP contribution in [0.5, 0.6) is 0 Å². The molecule has 0 radical (unpaired) electrons. The minimum atomic E-state index is 0.732. The van der Waals surface area contributed by atoms with Crippen molar-refractivity contribution in [3.05, 3.63) is 21.3 Å². The van der Waals surface area contributed by atoms with Gasteiger partial charge >= 0.3 is 0 Å². The van der Waals surface area contributed by atoms with Gasteiger partial charge in [0.15, 0.2) is 0 Å². The Morgan fingerprint density at radius 3 is 2.59 bits per heavy atom. The van der Waals surface area contributed by atoms with Crippen LogP contribution in [0.15, 0.2) is 12.1 Å². The molecule has 2 aliphatic rings. The Hall–Kier alpha value is -0.0900. The number of fused-ring (bicyclic) bond motifs is 2. The molecule has 3 heterocycles. The molecule has 3 rings (SSSR count). The average molecular weight is 271 g/mol. The maximum Gasteiger partial charge on any atom is 0.0931 e. The second kappa shape index (κ2) is 4.88. The maximum atomic E-state index is 6.00. The predicted molar refractivity (Wildman–Crippen MR) is 73.8 cm³/mol. The number of nitrogens with one attached hydrogen (secondary N) is 1. The quantitative estimate of drug-likeness (QED) is 0.908. The van der Waals surface area contributed by atoms with Crippen LogP contribution in [-0.4, -0.2) is 30.1 Å². The molecule has 2 bridgehead atoms. The molecule has 2 atom stereocenters. The smallest absolute Gasteiger partial charge is 0.0931 e. The molecule has 2 saturated heterocycles. The van der Waals surface area contributed by atoms with Crippen molar-refractivity contribution in [2.45, 2.75) is 50.4 Å². The summed E-state index contributed by atoms with van der Waals surface area (Å²) in [7, 11) is 2.10. The van der Waals surface area contributed by atoms with Crippen molar-refractivity contribution in [1.82, 2.24) is 10.2 Å². The summed E-state index contributed by atoms with van der Waals surface area (Å²) in [4.78, 5) is 4.12. The minimum Gasteiger partial charge on any atom is -0.317 e. The third kappa shape index (κ3) is 2.39. The van der Waals surface area contributed by atoms with E-state index in [1.54, 1.807) is 11.3 Å². The van der Waals surface area contributed by atoms with Crippen LogP contribution in [0.3, 0.4) is 0 Å². The van der Waals surface area contributed by atoms with Crippen LogP contribution in [0.25, 0.3) is 0 Å². The van der Waals surface area contributed by atoms with Gasteiger partial charge in [-0.3, -0.25) is 4.90 Å². The van der Waals surface area contributed by atoms with E-state index in [2.05, 4.69) is 23.3 Å². The maximum absolute atomic E-state index is 6.00. The molecule has 1 aromatic rings. The summed E-state index contributed by atoms with van der Waals surface area (Å²) < 4.78 is 0.914. The highest BCUT2D eigenvalue weighted by Crippen LogP contribution is 2.37. The summed E-state index contributed by atoms with van der Waals surface area (Å²) in [6.45, 7) is 1.10. The van der Waals surface area contributed by atoms with E-state index in [0.29, 0.717) is 0 Å². The van der Waals surface area contributed by atoms with Gasteiger partial charge in [-0.15, -0.1) is 11.3 Å². The van der Waals surface area contributed by atoms with Gasteiger partial charge in [0.2, 0.25) is 0 Å². The molecule has 17 heavy (non-hydrogen) atoms. The molecule has 4 heteroatoms. The van der Waals surface area contributed by atoms with E-state index in [9.17, 15) is 0 Å². The number of halogens is 1. The second-order valence-corrected chi connectivity index (χ2v) is 7.02. The van der Waals surface area contributed by atoms with Gasteiger partial charge in [0.25, 0.3) is 0 Å². The van der Waals surface area contributed by atoms with E-state index in [4.69, 9.17) is 11.6 Å². The average Bonchev–Trinajstić information content (AvgIpc) is 2.82. The summed E-state index contributed by atoms with van der Waals surface area (Å²) in [5.41, 5.74) is 0. The Morgan fingerprint density at radius 2 is 2.06 bits per heavy atom. The summed E-state index contributed by atoms with van der Waals surface area (Å²) >= 11 is 7.73. The fourth-order valence-electron chi connectivity index (χ4n) is 3.38. The van der Waals surface area contributed by atoms with Gasteiger partial charge in [-0.05, 0) is 44.9 Å². The van der Waals surface area contributed by atoms with E-state index >= 15 is 0 Å². The highest BCUT2D eigenvalue weighted by Gasteiger charge is 2.40. The molecule has 1 aromatic heterocycles. The van der Waals surface area contributed by atoms with Gasteiger partial charge in [-0.25, -0.2) is 0 Å². The molecule has 0 aromatic carbocycles. The van der Waals surface area contributed by atoms with E-state index in [1.165, 1.54) is 30.6 Å². The Kier molecular flexibility index (Phi) is 3.44. The Labute approximate surface area is 112 Å². The van der Waals surface area contributed by atoms with Gasteiger partial charge in [-0.2, -0.15) is 0 Å². The first kappa shape index (κ1) is 12.0. The van der Waals surface area contributed by atoms with Crippen LogP contribution in [-0.2, 0) is 6.54 Å². The normalized spacial score (nSPS) is 33.2. The Balaban J connectivity index is 1.69. The van der Waals surface area contributed by atoms with Crippen LogP contribution >= 0.6 is 22.9 Å². The van der Waals surface area contributed by atoms with Crippen LogP contribution in [0, 0.1) is 0 Å². The zero-order chi connectivity index (χ0) is 11.8. The van der Waals surface area contributed by atoms with Gasteiger partial charge in [0, 0.05) is 29.5 Å². The molecule has 2 aliphatic heterocycles. The highest BCUT2D eigenvalue weighted by molar-refractivity contribution is 7.16. The second-order valence-electron chi connectivity index (χ2n) is 5.22. The number of nitrogens with zero attached hydrogens (tertiary/aromatic N) is 1. The summed E-state index contributed by atoms with van der Waals surface area (Å²) in [5.74, 6) is 0. The van der Waals surface area contributed by atoms with Gasteiger partial charge < -0.3 is 5.32 Å². The first-order valence-electron chi connectivity index (χ1n) is 6.43. The Morgan fingerprint density at radius 1 is 1.35 bits per heavy atom. The van der Waals surface area contributed by atoms with Crippen molar-refractivity contribution in [2.75, 3.05) is 7.05 Å². The third-order valence-corrected chi connectivity index (χ3v) is 5.48. The van der Waals surface area contributed by atoms with Gasteiger partial charge in [0.1, 0.15) is 0 Å². The van der Waals surface area contributed by atoms with E-state index in [1.807, 2.05) is 6.07 Å². The molecule has 94 valence electrons. The SMILES string of the molecule is CNC1CC2CCC(C1)N2Cc1ccc(Cl)s1. The monoisotopic (exact) mass is 270 g/mol. The molecule has 0 amide bonds. The summed E-state index contributed by atoms with van der Waals surface area (Å²) in [6, 6.07) is 6.50. The molecule has 0 aliphatic carbocycles. The minimum absolute atomic E-state index is 0.732. The van der Waals surface area contributed by atoms with E-state index < -0.39 is 0 Å². The standard InChI is InChI=1S/C13H19ClN2S/c1-15-9-6-10-2-3-11(7-9)16(10)8-12-4-5-13(14)17-12/h4-5,9-11,15H,2-3,6-8H2,1H3. The van der Waals surface area contributed by atoms with Crippen LogP contribution in [0.1, 0.15) is 30.6 Å². The molecule has 0 saturated carbocycles. The highest BCUT2D eigenvalue weighted by atomic mass is 35.5. The summed E-state index contributed by atoms with van der Waals surface area (Å²) in [6.07, 6.45) is 5.38. The van der Waals surface area contributed by atoms with Gasteiger partial charge in [-0.1, -0.05) is 11.6 Å². The lowest BCUT2D eigenvalue weighted by Gasteiger charge is -2.38. The molecule has 1 N–H and O–H groups in total. The third-order valence-electron chi connectivity index (χ3n) is 4.26. The van der Waals surface area contributed by atoms with Crippen molar-refractivity contribution < 1.29 is 0 Å². The lowest BCUT2D eigenvalue weighted by atomic mass is 9.97. The topological polar surface area (TPSA) is 15.3 Å². The van der Waals surface area contributed by atoms with Crippen molar-refractivity contribution in [1.29, 1.82) is 0 Å². The fourth-order valence-corrected chi connectivity index (χ4v) is 4.48. The molecule has 0 spiro atoms. The van der Waals surface area contributed by atoms with E-state index in [-0.39, 0.29) is 0 Å². The lowest BCUT2D eigenvalue weighted by molar-refractivity contribution is 0.113. The number of piperidine rings is 1. The van der Waals surface area contributed by atoms with Crippen LogP contribution in [0.4, 0.5) is 0 Å². The first-order valence-corrected chi connectivity index (χ1v) is 7.63. The summed E-state index contributed by atoms with van der Waals surface area (Å²) in [5, 5.41) is 3.45. The van der Waals surface area contributed by atoms with Crippen molar-refractivity contribution in [3.63, 3.8) is 0 Å². The largest absolute Gasteiger partial charge is 0.317 e. The zero-order valence-corrected chi connectivity index (χ0v) is 11.7. The molecular formula is C13H19ClN2S. The van der Waals surface area contributed by atoms with Gasteiger partial charge in [0.05, 0.1) is 4.34 Å². The number of hydrogen-bond acceptors (Lipinski definition) is 3. The molecular weight excluding hydrogens is 252 g/mol. The zero-order valence-electron chi connectivity index (χ0n) is 10.2. The lowest BCUT2D eigenvalue weighted by Crippen LogP contribution is -2.47. The number of thiophene rings is 1. The van der Waals surface area contributed by atoms with Crippen LogP contribution < -0.4 is 5.32 Å². The van der Waals surface area contributed by atoms with Crippen molar-refractivity contribution in [2.24, 2.45) is 0 Å². The predicted octanol–water partition coefficient (Wildman–Crippen LogP) is 3.12.